The molecule has 46 heavy (non-hydrogen) atoms. The number of Topliss-reactive ketones (excluding diaryl/α,β-unsaturated/α-hetero) is 2. The molecule has 1 saturated carbocycles. The summed E-state index contributed by atoms with van der Waals surface area (Å²) >= 11 is 0. The number of carbonyl (C=O) groups is 2. The van der Waals surface area contributed by atoms with Crippen LogP contribution in [0, 0.1) is 17.7 Å². The largest absolute Gasteiger partial charge is 0.507 e. The van der Waals surface area contributed by atoms with Gasteiger partial charge < -0.3 is 29.5 Å². The topological polar surface area (TPSA) is 137 Å². The summed E-state index contributed by atoms with van der Waals surface area (Å²) in [5, 5.41) is 39.7. The minimum atomic E-state index is -2.60. The molecule has 3 aliphatic carbocycles. The molecule has 10 nitrogen and oxygen atoms in total. The Balaban J connectivity index is 1.35. The number of nitrogens with zero attached hydrogens (tertiary/aromatic N) is 3. The van der Waals surface area contributed by atoms with Crippen molar-refractivity contribution >= 4 is 28.1 Å². The standard InChI is InChI=1S/C35H34FN3O7/c1-38(2)15-18-10-11-20-21(12-18)29(40)25-22(27(20)36)13-19-14-23-28(39(3)4)31-26(33(43)35(23,44)32(42)24(19)30(25)41)34(37-46-31)45-16-17-8-6-5-7-9-17/h5-12,19,23,28,40-41,44H,13-16H2,1-4H3/t19-,23-,28-,35-/m0/s1. The number of aromatic hydroxyl groups is 1. The number of phenols is 1. The van der Waals surface area contributed by atoms with Crippen LogP contribution in [0.1, 0.15) is 50.8 Å². The van der Waals surface area contributed by atoms with Crippen molar-refractivity contribution in [1.82, 2.24) is 15.0 Å². The van der Waals surface area contributed by atoms with Crippen LogP contribution in [0.15, 0.2) is 58.6 Å². The van der Waals surface area contributed by atoms with Crippen LogP contribution in [0.5, 0.6) is 11.6 Å². The first-order valence-electron chi connectivity index (χ1n) is 15.1. The lowest BCUT2D eigenvalue weighted by atomic mass is 9.57. The Morgan fingerprint density at radius 2 is 1.74 bits per heavy atom. The van der Waals surface area contributed by atoms with E-state index in [0.717, 1.165) is 11.1 Å². The number of carbonyl (C=O) groups excluding carboxylic acids is 2. The Bertz CT molecular complexity index is 1950. The zero-order valence-corrected chi connectivity index (χ0v) is 25.9. The van der Waals surface area contributed by atoms with Crippen molar-refractivity contribution in [2.24, 2.45) is 11.8 Å². The number of aromatic nitrogens is 1. The van der Waals surface area contributed by atoms with E-state index < -0.39 is 46.6 Å². The second kappa shape index (κ2) is 10.8. The number of rotatable bonds is 6. The second-order valence-corrected chi connectivity index (χ2v) is 13.0. The molecule has 0 amide bonds. The number of fused-ring (bicyclic) bond motifs is 5. The monoisotopic (exact) mass is 627 g/mol. The van der Waals surface area contributed by atoms with E-state index >= 15 is 4.39 Å². The summed E-state index contributed by atoms with van der Waals surface area (Å²) in [6.07, 6.45) is 0.0287. The predicted molar refractivity (Wildman–Crippen MR) is 166 cm³/mol. The molecule has 0 saturated heterocycles. The van der Waals surface area contributed by atoms with E-state index in [1.165, 1.54) is 0 Å². The molecule has 1 fully saturated rings. The molecule has 11 heteroatoms. The van der Waals surface area contributed by atoms with Crippen molar-refractivity contribution in [3.8, 4) is 11.6 Å². The van der Waals surface area contributed by atoms with Crippen LogP contribution in [0.3, 0.4) is 0 Å². The maximum Gasteiger partial charge on any atom is 0.265 e. The third-order valence-corrected chi connectivity index (χ3v) is 9.58. The Hall–Kier alpha value is -4.58. The van der Waals surface area contributed by atoms with Gasteiger partial charge in [0, 0.05) is 34.4 Å². The first-order chi connectivity index (χ1) is 21.9. The lowest BCUT2D eigenvalue weighted by molar-refractivity contribution is -0.142. The number of ether oxygens (including phenoxy) is 1. The third-order valence-electron chi connectivity index (χ3n) is 9.58. The zero-order valence-electron chi connectivity index (χ0n) is 25.9. The molecule has 0 aliphatic heterocycles. The fraction of sp³-hybridized carbons (Fsp3) is 0.343. The van der Waals surface area contributed by atoms with Gasteiger partial charge in [-0.1, -0.05) is 42.5 Å². The SMILES string of the molecule is CN(C)Cc1ccc2c(F)c3c(c(O)c2c1)C(O)=C1C(=O)[C@]2(O)C(=O)c4c(OCc5ccccc5)noc4[C@@H](N(C)C)[C@@H]2C[C@@H]1C3. The molecule has 4 aromatic rings. The van der Waals surface area contributed by atoms with Crippen molar-refractivity contribution in [3.63, 3.8) is 0 Å². The van der Waals surface area contributed by atoms with Crippen LogP contribution < -0.4 is 4.74 Å². The summed E-state index contributed by atoms with van der Waals surface area (Å²) in [5.74, 6) is -5.25. The van der Waals surface area contributed by atoms with Crippen molar-refractivity contribution in [1.29, 1.82) is 0 Å². The molecule has 238 valence electrons. The second-order valence-electron chi connectivity index (χ2n) is 13.0. The molecule has 3 aromatic carbocycles. The van der Waals surface area contributed by atoms with Crippen molar-refractivity contribution in [2.75, 3.05) is 28.2 Å². The highest BCUT2D eigenvalue weighted by Crippen LogP contribution is 2.56. The summed E-state index contributed by atoms with van der Waals surface area (Å²) in [6, 6.07) is 13.5. The van der Waals surface area contributed by atoms with Gasteiger partial charge in [-0.05, 0) is 69.3 Å². The highest BCUT2D eigenvalue weighted by Gasteiger charge is 2.65. The number of hydrogen-bond donors (Lipinski definition) is 3. The maximum atomic E-state index is 16.1. The van der Waals surface area contributed by atoms with E-state index in [-0.39, 0.29) is 69.9 Å². The van der Waals surface area contributed by atoms with Gasteiger partial charge >= 0.3 is 0 Å². The first kappa shape index (κ1) is 30.1. The molecule has 3 N–H and O–H groups in total. The van der Waals surface area contributed by atoms with Crippen molar-refractivity contribution in [2.45, 2.75) is 37.6 Å². The van der Waals surface area contributed by atoms with Gasteiger partial charge in [0.25, 0.3) is 5.88 Å². The Morgan fingerprint density at radius 3 is 2.43 bits per heavy atom. The Kier molecular flexibility index (Phi) is 7.04. The molecule has 0 radical (unpaired) electrons. The van der Waals surface area contributed by atoms with Gasteiger partial charge in [0.15, 0.2) is 11.4 Å². The third kappa shape index (κ3) is 4.29. The highest BCUT2D eigenvalue weighted by atomic mass is 19.1. The van der Waals surface area contributed by atoms with Crippen molar-refractivity contribution in [3.05, 3.63) is 93.5 Å². The number of aliphatic hydroxyl groups excluding tert-OH is 1. The van der Waals surface area contributed by atoms with Gasteiger partial charge in [-0.15, -0.1) is 0 Å². The molecule has 0 spiro atoms. The summed E-state index contributed by atoms with van der Waals surface area (Å²) < 4.78 is 27.7. The van der Waals surface area contributed by atoms with Crippen LogP contribution in [0.2, 0.25) is 0 Å². The highest BCUT2D eigenvalue weighted by molar-refractivity contribution is 6.26. The van der Waals surface area contributed by atoms with E-state index in [9.17, 15) is 24.9 Å². The Labute approximate surface area is 264 Å². The van der Waals surface area contributed by atoms with Crippen LogP contribution >= 0.6 is 0 Å². The molecule has 7 rings (SSSR count). The Morgan fingerprint density at radius 1 is 1.00 bits per heavy atom. The summed E-state index contributed by atoms with van der Waals surface area (Å²) in [4.78, 5) is 32.3. The van der Waals surface area contributed by atoms with E-state index in [1.807, 2.05) is 49.3 Å². The maximum absolute atomic E-state index is 16.1. The minimum absolute atomic E-state index is 0.0229. The minimum Gasteiger partial charge on any atom is -0.507 e. The average molecular weight is 628 g/mol. The molecule has 4 atom stereocenters. The van der Waals surface area contributed by atoms with Gasteiger partial charge in [-0.25, -0.2) is 4.39 Å². The summed E-state index contributed by atoms with van der Waals surface area (Å²) in [5.41, 5.74) is -1.43. The van der Waals surface area contributed by atoms with Gasteiger partial charge in [0.05, 0.1) is 11.6 Å². The predicted octanol–water partition coefficient (Wildman–Crippen LogP) is 4.57. The van der Waals surface area contributed by atoms with Crippen LogP contribution in [0.25, 0.3) is 16.5 Å². The number of hydrogen-bond acceptors (Lipinski definition) is 10. The summed E-state index contributed by atoms with van der Waals surface area (Å²) in [6.45, 7) is 0.600. The molecule has 0 bridgehead atoms. The fourth-order valence-corrected chi connectivity index (χ4v) is 7.58. The smallest absolute Gasteiger partial charge is 0.265 e. The lowest BCUT2D eigenvalue weighted by Crippen LogP contribution is -2.63. The normalized spacial score (nSPS) is 23.9. The van der Waals surface area contributed by atoms with E-state index in [1.54, 1.807) is 37.2 Å². The molecule has 0 unspecified atom stereocenters. The number of benzene rings is 3. The van der Waals surface area contributed by atoms with Gasteiger partial charge in [-0.2, -0.15) is 0 Å². The molecule has 1 heterocycles. The van der Waals surface area contributed by atoms with Crippen LogP contribution in [-0.2, 0) is 24.4 Å². The molecule has 3 aliphatic rings. The first-order valence-corrected chi connectivity index (χ1v) is 15.1. The lowest BCUT2D eigenvalue weighted by Gasteiger charge is -2.49. The number of aliphatic hydroxyl groups is 2. The number of halogens is 1. The molecule has 1 aromatic heterocycles. The fourth-order valence-electron chi connectivity index (χ4n) is 7.58. The zero-order chi connectivity index (χ0) is 32.7. The number of phenolic OH excluding ortho intramolecular Hbond substituents is 1. The van der Waals surface area contributed by atoms with Gasteiger partial charge in [-0.3, -0.25) is 14.5 Å². The molecular formula is C35H34FN3O7. The average Bonchev–Trinajstić information content (AvgIpc) is 3.44. The van der Waals surface area contributed by atoms with E-state index in [2.05, 4.69) is 5.16 Å². The van der Waals surface area contributed by atoms with Crippen LogP contribution in [0.4, 0.5) is 4.39 Å². The quantitative estimate of drug-likeness (QED) is 0.261. The van der Waals surface area contributed by atoms with Crippen molar-refractivity contribution < 1.29 is 38.6 Å². The van der Waals surface area contributed by atoms with E-state index in [0.29, 0.717) is 6.54 Å². The van der Waals surface area contributed by atoms with E-state index in [4.69, 9.17) is 9.26 Å². The number of ketones is 2. The van der Waals surface area contributed by atoms with Gasteiger partial charge in [0.1, 0.15) is 29.5 Å². The van der Waals surface area contributed by atoms with Gasteiger partial charge in [0.2, 0.25) is 11.6 Å². The molecular weight excluding hydrogens is 593 g/mol. The summed E-state index contributed by atoms with van der Waals surface area (Å²) in [7, 11) is 7.23. The van der Waals surface area contributed by atoms with Crippen LogP contribution in [-0.4, -0.2) is 75.6 Å².